The average Bonchev–Trinajstić information content (AvgIpc) is 3.06. The molecule has 1 saturated heterocycles. The van der Waals surface area contributed by atoms with Crippen LogP contribution in [0.1, 0.15) is 34.1 Å². The molecule has 3 heterocycles. The van der Waals surface area contributed by atoms with Gasteiger partial charge in [0.2, 0.25) is 0 Å². The van der Waals surface area contributed by atoms with E-state index in [9.17, 15) is 13.6 Å². The number of fused-ring (bicyclic) bond motifs is 1. The predicted octanol–water partition coefficient (Wildman–Crippen LogP) is 4.11. The van der Waals surface area contributed by atoms with Crippen LogP contribution in [-0.4, -0.2) is 49.4 Å². The van der Waals surface area contributed by atoms with Crippen molar-refractivity contribution in [1.29, 1.82) is 0 Å². The summed E-state index contributed by atoms with van der Waals surface area (Å²) in [7, 11) is 0. The molecule has 0 radical (unpaired) electrons. The van der Waals surface area contributed by atoms with Crippen LogP contribution in [0.15, 0.2) is 35.1 Å². The van der Waals surface area contributed by atoms with Crippen LogP contribution in [0, 0.1) is 6.92 Å². The van der Waals surface area contributed by atoms with Crippen LogP contribution in [0.3, 0.4) is 0 Å². The molecule has 4 rings (SSSR count). The third kappa shape index (κ3) is 3.73. The van der Waals surface area contributed by atoms with Crippen LogP contribution in [0.4, 0.5) is 8.78 Å². The number of benzene rings is 1. The first-order chi connectivity index (χ1) is 13.2. The average molecular weight is 471 g/mol. The van der Waals surface area contributed by atoms with Crippen LogP contribution in [0.5, 0.6) is 0 Å². The maximum absolute atomic E-state index is 14.6. The molecule has 0 bridgehead atoms. The van der Waals surface area contributed by atoms with Gasteiger partial charge in [0.25, 0.3) is 17.6 Å². The van der Waals surface area contributed by atoms with E-state index in [-0.39, 0.29) is 18.5 Å². The Bertz CT molecular complexity index is 1050. The lowest BCUT2D eigenvalue weighted by molar-refractivity contribution is -0.0641. The molecule has 10 heteroatoms. The number of hydrogen-bond donors (Lipinski definition) is 0. The molecule has 1 aliphatic rings. The van der Waals surface area contributed by atoms with Crippen molar-refractivity contribution in [2.45, 2.75) is 25.2 Å². The summed E-state index contributed by atoms with van der Waals surface area (Å²) in [5.41, 5.74) is 1.47. The summed E-state index contributed by atoms with van der Waals surface area (Å²) in [6.45, 7) is 1.26. The minimum Gasteiger partial charge on any atom is -0.332 e. The number of aryl methyl sites for hydroxylation is 1. The lowest BCUT2D eigenvalue weighted by atomic mass is 9.91. The van der Waals surface area contributed by atoms with Gasteiger partial charge in [0, 0.05) is 39.6 Å². The monoisotopic (exact) mass is 469 g/mol. The minimum atomic E-state index is -3.03. The van der Waals surface area contributed by atoms with E-state index in [0.29, 0.717) is 26.7 Å². The number of halogens is 4. The van der Waals surface area contributed by atoms with Gasteiger partial charge in [-0.2, -0.15) is 10.1 Å². The maximum Gasteiger partial charge on any atom is 0.266 e. The highest BCUT2D eigenvalue weighted by molar-refractivity contribution is 9.10. The molecule has 28 heavy (non-hydrogen) atoms. The van der Waals surface area contributed by atoms with E-state index in [4.69, 9.17) is 11.6 Å². The molecule has 6 nitrogen and oxygen atoms in total. The van der Waals surface area contributed by atoms with Crippen molar-refractivity contribution in [3.8, 4) is 0 Å². The molecule has 1 atom stereocenters. The summed E-state index contributed by atoms with van der Waals surface area (Å²) >= 11 is 9.29. The number of rotatable bonds is 2. The number of piperidine rings is 1. The molecule has 146 valence electrons. The first-order valence-corrected chi connectivity index (χ1v) is 9.69. The second kappa shape index (κ2) is 7.04. The summed E-state index contributed by atoms with van der Waals surface area (Å²) < 4.78 is 31.2. The van der Waals surface area contributed by atoms with Crippen molar-refractivity contribution in [3.63, 3.8) is 0 Å². The summed E-state index contributed by atoms with van der Waals surface area (Å²) in [5, 5.41) is 4.46. The predicted molar refractivity (Wildman–Crippen MR) is 103 cm³/mol. The van der Waals surface area contributed by atoms with Crippen molar-refractivity contribution < 1.29 is 13.6 Å². The van der Waals surface area contributed by atoms with Gasteiger partial charge in [0.1, 0.15) is 6.33 Å². The first-order valence-electron chi connectivity index (χ1n) is 8.52. The largest absolute Gasteiger partial charge is 0.332 e. The van der Waals surface area contributed by atoms with Crippen LogP contribution in [-0.2, 0) is 0 Å². The van der Waals surface area contributed by atoms with Gasteiger partial charge in [0.05, 0.1) is 12.2 Å². The number of hydrogen-bond acceptors (Lipinski definition) is 4. The molecule has 0 N–H and O–H groups in total. The van der Waals surface area contributed by atoms with Crippen molar-refractivity contribution >= 4 is 39.2 Å². The molecule has 0 saturated carbocycles. The molecule has 2 aromatic heterocycles. The number of likely N-dealkylation sites (tertiary alicyclic amines) is 1. The van der Waals surface area contributed by atoms with Gasteiger partial charge in [-0.05, 0) is 31.2 Å². The van der Waals surface area contributed by atoms with Gasteiger partial charge in [-0.25, -0.2) is 18.3 Å². The van der Waals surface area contributed by atoms with E-state index < -0.39 is 24.3 Å². The number of alkyl halides is 2. The van der Waals surface area contributed by atoms with Crippen LogP contribution in [0.2, 0.25) is 5.02 Å². The van der Waals surface area contributed by atoms with Gasteiger partial charge in [-0.15, -0.1) is 0 Å². The highest BCUT2D eigenvalue weighted by Gasteiger charge is 2.43. The van der Waals surface area contributed by atoms with Gasteiger partial charge < -0.3 is 4.90 Å². The van der Waals surface area contributed by atoms with Crippen LogP contribution >= 0.6 is 27.5 Å². The van der Waals surface area contributed by atoms with E-state index in [0.717, 1.165) is 0 Å². The Morgan fingerprint density at radius 3 is 2.86 bits per heavy atom. The molecular formula is C18H15BrClF2N5O. The summed E-state index contributed by atoms with van der Waals surface area (Å²) in [6.07, 6.45) is 0.951. The zero-order chi connectivity index (χ0) is 20.1. The third-order valence-corrected chi connectivity index (χ3v) is 5.31. The van der Waals surface area contributed by atoms with Gasteiger partial charge in [0.15, 0.2) is 0 Å². The molecule has 0 spiro atoms. The third-order valence-electron chi connectivity index (χ3n) is 4.63. The normalized spacial score (nSPS) is 19.2. The summed E-state index contributed by atoms with van der Waals surface area (Å²) in [6, 6.07) is 6.39. The maximum atomic E-state index is 14.6. The summed E-state index contributed by atoms with van der Waals surface area (Å²) in [5.74, 6) is -3.78. The van der Waals surface area contributed by atoms with Gasteiger partial charge >= 0.3 is 0 Å². The molecule has 1 amide bonds. The van der Waals surface area contributed by atoms with E-state index in [1.165, 1.54) is 21.8 Å². The van der Waals surface area contributed by atoms with Crippen LogP contribution < -0.4 is 0 Å². The van der Waals surface area contributed by atoms with Gasteiger partial charge in [-0.1, -0.05) is 27.5 Å². The Hall–Kier alpha value is -2.13. The molecule has 1 aliphatic heterocycles. The summed E-state index contributed by atoms with van der Waals surface area (Å²) in [4.78, 5) is 22.4. The van der Waals surface area contributed by atoms with E-state index in [1.54, 1.807) is 25.1 Å². The highest BCUT2D eigenvalue weighted by Crippen LogP contribution is 2.37. The fraction of sp³-hybridized carbons (Fsp3) is 0.333. The van der Waals surface area contributed by atoms with Crippen molar-refractivity contribution in [1.82, 2.24) is 24.5 Å². The molecular weight excluding hydrogens is 456 g/mol. The second-order valence-corrected chi connectivity index (χ2v) is 8.25. The lowest BCUT2D eigenvalue weighted by Crippen LogP contribution is -2.49. The molecule has 1 unspecified atom stereocenters. The molecule has 0 aliphatic carbocycles. The number of carbonyl (C=O) groups is 1. The molecule has 3 aromatic rings. The number of amides is 1. The number of aromatic nitrogens is 4. The smallest absolute Gasteiger partial charge is 0.266 e. The minimum absolute atomic E-state index is 0.136. The van der Waals surface area contributed by atoms with Crippen molar-refractivity contribution in [2.24, 2.45) is 0 Å². The van der Waals surface area contributed by atoms with Crippen molar-refractivity contribution in [2.75, 3.05) is 13.1 Å². The van der Waals surface area contributed by atoms with Crippen LogP contribution in [0.25, 0.3) is 5.78 Å². The number of nitrogens with zero attached hydrogens (tertiary/aromatic N) is 5. The molecule has 1 aromatic carbocycles. The zero-order valence-electron chi connectivity index (χ0n) is 14.7. The Morgan fingerprint density at radius 1 is 1.32 bits per heavy atom. The van der Waals surface area contributed by atoms with E-state index >= 15 is 0 Å². The van der Waals surface area contributed by atoms with Crippen molar-refractivity contribution in [3.05, 3.63) is 57.0 Å². The topological polar surface area (TPSA) is 63.4 Å². The Morgan fingerprint density at radius 2 is 2.11 bits per heavy atom. The van der Waals surface area contributed by atoms with E-state index in [2.05, 4.69) is 31.0 Å². The van der Waals surface area contributed by atoms with E-state index in [1.807, 2.05) is 0 Å². The Balaban J connectivity index is 1.71. The quantitative estimate of drug-likeness (QED) is 0.565. The van der Waals surface area contributed by atoms with Gasteiger partial charge in [-0.3, -0.25) is 4.79 Å². The zero-order valence-corrected chi connectivity index (χ0v) is 17.1. The standard InChI is InChI=1S/C18H15BrClF2N5O/c1-10-2-15(27-17(25-10)23-9-24-27)12-6-18(21,22)8-26(7-12)16(28)11-3-13(19)5-14(20)4-11/h2-5,9,12H,6-8H2,1H3. The Labute approximate surface area is 172 Å². The fourth-order valence-corrected chi connectivity index (χ4v) is 4.42. The second-order valence-electron chi connectivity index (χ2n) is 6.90. The SMILES string of the molecule is Cc1cc(C2CN(C(=O)c3cc(Cl)cc(Br)c3)CC(F)(F)C2)n2ncnc2n1. The molecule has 1 fully saturated rings. The first kappa shape index (κ1) is 19.2. The Kier molecular flexibility index (Phi) is 4.83. The lowest BCUT2D eigenvalue weighted by Gasteiger charge is -2.37. The fourth-order valence-electron chi connectivity index (χ4n) is 3.56. The number of carbonyl (C=O) groups excluding carboxylic acids is 1. The highest BCUT2D eigenvalue weighted by atomic mass is 79.9.